The highest BCUT2D eigenvalue weighted by Gasteiger charge is 2.07. The SMILES string of the molecule is CC(C)C/C=C/[C@@H](C)CC(=O)N(C)C. The Balaban J connectivity index is 3.80. The molecule has 82 valence electrons. The van der Waals surface area contributed by atoms with Crippen molar-refractivity contribution in [3.63, 3.8) is 0 Å². The van der Waals surface area contributed by atoms with E-state index in [0.717, 1.165) is 6.42 Å². The van der Waals surface area contributed by atoms with Crippen molar-refractivity contribution >= 4 is 5.91 Å². The molecule has 0 fully saturated rings. The zero-order valence-corrected chi connectivity index (χ0v) is 10.1. The van der Waals surface area contributed by atoms with Crippen LogP contribution in [-0.4, -0.2) is 24.9 Å². The number of carbonyl (C=O) groups excluding carboxylic acids is 1. The average molecular weight is 197 g/mol. The van der Waals surface area contributed by atoms with Crippen molar-refractivity contribution in [2.45, 2.75) is 33.6 Å². The molecule has 0 spiro atoms. The van der Waals surface area contributed by atoms with Crippen LogP contribution < -0.4 is 0 Å². The Morgan fingerprint density at radius 3 is 2.29 bits per heavy atom. The van der Waals surface area contributed by atoms with E-state index in [4.69, 9.17) is 0 Å². The fourth-order valence-electron chi connectivity index (χ4n) is 1.11. The lowest BCUT2D eigenvalue weighted by molar-refractivity contribution is -0.129. The Kier molecular flexibility index (Phi) is 6.26. The summed E-state index contributed by atoms with van der Waals surface area (Å²) in [5, 5.41) is 0. The van der Waals surface area contributed by atoms with E-state index in [0.29, 0.717) is 18.3 Å². The number of amides is 1. The molecule has 1 atom stereocenters. The maximum absolute atomic E-state index is 11.3. The van der Waals surface area contributed by atoms with Gasteiger partial charge < -0.3 is 4.90 Å². The molecule has 0 aromatic rings. The third-order valence-electron chi connectivity index (χ3n) is 2.07. The minimum absolute atomic E-state index is 0.201. The van der Waals surface area contributed by atoms with Gasteiger partial charge in [-0.1, -0.05) is 32.9 Å². The first-order valence-corrected chi connectivity index (χ1v) is 5.30. The Labute approximate surface area is 88.0 Å². The molecule has 0 aromatic heterocycles. The molecule has 0 radical (unpaired) electrons. The van der Waals surface area contributed by atoms with Crippen LogP contribution in [0.4, 0.5) is 0 Å². The molecule has 2 heteroatoms. The van der Waals surface area contributed by atoms with Crippen LogP contribution in [-0.2, 0) is 4.79 Å². The average Bonchev–Trinajstić information content (AvgIpc) is 2.02. The molecule has 0 aromatic carbocycles. The largest absolute Gasteiger partial charge is 0.349 e. The Bertz CT molecular complexity index is 194. The standard InChI is InChI=1S/C12H23NO/c1-10(2)7-6-8-11(3)9-12(14)13(4)5/h6,8,10-11H,7,9H2,1-5H3/b8-6+/t11-/m1/s1. The zero-order valence-electron chi connectivity index (χ0n) is 10.1. The van der Waals surface area contributed by atoms with Gasteiger partial charge in [0.05, 0.1) is 0 Å². The number of carbonyl (C=O) groups is 1. The van der Waals surface area contributed by atoms with Crippen LogP contribution in [0, 0.1) is 11.8 Å². The molecule has 2 nitrogen and oxygen atoms in total. The van der Waals surface area contributed by atoms with Crippen LogP contribution in [0.1, 0.15) is 33.6 Å². The van der Waals surface area contributed by atoms with E-state index in [-0.39, 0.29) is 5.91 Å². The first kappa shape index (κ1) is 13.2. The topological polar surface area (TPSA) is 20.3 Å². The lowest BCUT2D eigenvalue weighted by Crippen LogP contribution is -2.23. The van der Waals surface area contributed by atoms with E-state index in [1.165, 1.54) is 0 Å². The minimum atomic E-state index is 0.201. The molecule has 0 saturated carbocycles. The van der Waals surface area contributed by atoms with Crippen molar-refractivity contribution in [1.29, 1.82) is 0 Å². The molecule has 14 heavy (non-hydrogen) atoms. The quantitative estimate of drug-likeness (QED) is 0.621. The molecular formula is C12H23NO. The molecule has 0 aliphatic heterocycles. The van der Waals surface area contributed by atoms with Gasteiger partial charge in [0.15, 0.2) is 0 Å². The lowest BCUT2D eigenvalue weighted by atomic mass is 10.0. The lowest BCUT2D eigenvalue weighted by Gasteiger charge is -2.12. The highest BCUT2D eigenvalue weighted by atomic mass is 16.2. The summed E-state index contributed by atoms with van der Waals surface area (Å²) < 4.78 is 0. The maximum Gasteiger partial charge on any atom is 0.222 e. The number of hydrogen-bond acceptors (Lipinski definition) is 1. The van der Waals surface area contributed by atoms with Crippen LogP contribution in [0.3, 0.4) is 0 Å². The second kappa shape index (κ2) is 6.63. The molecule has 0 N–H and O–H groups in total. The predicted octanol–water partition coefficient (Wildman–Crippen LogP) is 2.70. The molecule has 0 aliphatic carbocycles. The summed E-state index contributed by atoms with van der Waals surface area (Å²) in [7, 11) is 3.60. The van der Waals surface area contributed by atoms with E-state index in [1.54, 1.807) is 19.0 Å². The second-order valence-corrected chi connectivity index (χ2v) is 4.53. The van der Waals surface area contributed by atoms with Gasteiger partial charge in [0.1, 0.15) is 0 Å². The summed E-state index contributed by atoms with van der Waals surface area (Å²) in [6.07, 6.45) is 6.03. The first-order chi connectivity index (χ1) is 6.43. The Morgan fingerprint density at radius 1 is 1.29 bits per heavy atom. The summed E-state index contributed by atoms with van der Waals surface area (Å²) >= 11 is 0. The second-order valence-electron chi connectivity index (χ2n) is 4.53. The van der Waals surface area contributed by atoms with Gasteiger partial charge in [-0.3, -0.25) is 4.79 Å². The van der Waals surface area contributed by atoms with Crippen LogP contribution in [0.5, 0.6) is 0 Å². The monoisotopic (exact) mass is 197 g/mol. The molecule has 0 bridgehead atoms. The van der Waals surface area contributed by atoms with Gasteiger partial charge in [-0.15, -0.1) is 0 Å². The van der Waals surface area contributed by atoms with Gasteiger partial charge in [0.2, 0.25) is 5.91 Å². The predicted molar refractivity (Wildman–Crippen MR) is 61.1 cm³/mol. The molecule has 0 saturated heterocycles. The van der Waals surface area contributed by atoms with Gasteiger partial charge in [-0.25, -0.2) is 0 Å². The number of rotatable bonds is 5. The van der Waals surface area contributed by atoms with Gasteiger partial charge >= 0.3 is 0 Å². The highest BCUT2D eigenvalue weighted by Crippen LogP contribution is 2.08. The molecular weight excluding hydrogens is 174 g/mol. The van der Waals surface area contributed by atoms with Gasteiger partial charge in [0.25, 0.3) is 0 Å². The summed E-state index contributed by atoms with van der Waals surface area (Å²) in [5.74, 6) is 1.25. The van der Waals surface area contributed by atoms with Crippen molar-refractivity contribution < 1.29 is 4.79 Å². The van der Waals surface area contributed by atoms with E-state index in [9.17, 15) is 4.79 Å². The van der Waals surface area contributed by atoms with Crippen LogP contribution in [0.15, 0.2) is 12.2 Å². The maximum atomic E-state index is 11.3. The summed E-state index contributed by atoms with van der Waals surface area (Å²) in [4.78, 5) is 13.0. The van der Waals surface area contributed by atoms with Gasteiger partial charge in [-0.2, -0.15) is 0 Å². The van der Waals surface area contributed by atoms with Gasteiger partial charge in [0, 0.05) is 20.5 Å². The summed E-state index contributed by atoms with van der Waals surface area (Å²) in [6.45, 7) is 6.47. The third kappa shape index (κ3) is 6.70. The van der Waals surface area contributed by atoms with Crippen molar-refractivity contribution in [2.75, 3.05) is 14.1 Å². The van der Waals surface area contributed by atoms with E-state index in [2.05, 4.69) is 32.9 Å². The van der Waals surface area contributed by atoms with Crippen molar-refractivity contribution in [2.24, 2.45) is 11.8 Å². The van der Waals surface area contributed by atoms with Crippen molar-refractivity contribution in [3.05, 3.63) is 12.2 Å². The molecule has 0 rings (SSSR count). The van der Waals surface area contributed by atoms with Crippen LogP contribution >= 0.6 is 0 Å². The van der Waals surface area contributed by atoms with E-state index >= 15 is 0 Å². The number of nitrogens with zero attached hydrogens (tertiary/aromatic N) is 1. The summed E-state index contributed by atoms with van der Waals surface area (Å²) in [6, 6.07) is 0. The first-order valence-electron chi connectivity index (χ1n) is 5.30. The van der Waals surface area contributed by atoms with Crippen LogP contribution in [0.25, 0.3) is 0 Å². The minimum Gasteiger partial charge on any atom is -0.349 e. The Morgan fingerprint density at radius 2 is 1.86 bits per heavy atom. The van der Waals surface area contributed by atoms with E-state index in [1.807, 2.05) is 0 Å². The van der Waals surface area contributed by atoms with E-state index < -0.39 is 0 Å². The normalized spacial score (nSPS) is 13.6. The summed E-state index contributed by atoms with van der Waals surface area (Å²) in [5.41, 5.74) is 0. The molecule has 0 aliphatic rings. The Hall–Kier alpha value is -0.790. The fourth-order valence-corrected chi connectivity index (χ4v) is 1.11. The number of hydrogen-bond donors (Lipinski definition) is 0. The third-order valence-corrected chi connectivity index (χ3v) is 2.07. The smallest absolute Gasteiger partial charge is 0.222 e. The highest BCUT2D eigenvalue weighted by molar-refractivity contribution is 5.75. The van der Waals surface area contributed by atoms with Crippen LogP contribution in [0.2, 0.25) is 0 Å². The zero-order chi connectivity index (χ0) is 11.1. The molecule has 1 amide bonds. The fraction of sp³-hybridized carbons (Fsp3) is 0.750. The number of allylic oxidation sites excluding steroid dienone is 2. The molecule has 0 heterocycles. The molecule has 0 unspecified atom stereocenters. The van der Waals surface area contributed by atoms with Crippen molar-refractivity contribution in [1.82, 2.24) is 4.90 Å². The van der Waals surface area contributed by atoms with Gasteiger partial charge in [-0.05, 0) is 18.3 Å². The van der Waals surface area contributed by atoms with Crippen molar-refractivity contribution in [3.8, 4) is 0 Å².